The van der Waals surface area contributed by atoms with E-state index in [4.69, 9.17) is 19.6 Å². The lowest BCUT2D eigenvalue weighted by atomic mass is 10.1. The number of aromatic nitrogens is 2. The van der Waals surface area contributed by atoms with Gasteiger partial charge in [0.15, 0.2) is 18.1 Å². The molecule has 6 nitrogen and oxygen atoms in total. The lowest BCUT2D eigenvalue weighted by molar-refractivity contribution is 0.247. The molecule has 2 N–H and O–H groups in total. The fourth-order valence-electron chi connectivity index (χ4n) is 1.96. The van der Waals surface area contributed by atoms with E-state index in [1.54, 1.807) is 7.11 Å². The van der Waals surface area contributed by atoms with E-state index in [0.717, 1.165) is 12.0 Å². The lowest BCUT2D eigenvalue weighted by Gasteiger charge is -2.12. The van der Waals surface area contributed by atoms with Gasteiger partial charge in [-0.3, -0.25) is 0 Å². The summed E-state index contributed by atoms with van der Waals surface area (Å²) < 4.78 is 16.4. The van der Waals surface area contributed by atoms with Gasteiger partial charge in [0, 0.05) is 12.5 Å². The average molecular weight is 291 g/mol. The zero-order chi connectivity index (χ0) is 15.2. The van der Waals surface area contributed by atoms with Crippen molar-refractivity contribution in [2.24, 2.45) is 5.73 Å². The Hall–Kier alpha value is -2.08. The first kappa shape index (κ1) is 15.3. The standard InChI is InChI=1S/C15H21N3O3/c1-4-14-17-18-15(21-14)9-20-12-6-5-11(7-10(2)16)8-13(12)19-3/h5-6,8,10H,4,7,9,16H2,1-3H3. The van der Waals surface area contributed by atoms with Crippen molar-refractivity contribution in [3.05, 3.63) is 35.5 Å². The van der Waals surface area contributed by atoms with Gasteiger partial charge in [0.25, 0.3) is 5.89 Å². The molecule has 6 heteroatoms. The third-order valence-electron chi connectivity index (χ3n) is 2.95. The molecule has 1 heterocycles. The Bertz CT molecular complexity index is 581. The van der Waals surface area contributed by atoms with E-state index >= 15 is 0 Å². The number of hydrogen-bond acceptors (Lipinski definition) is 6. The molecule has 1 atom stereocenters. The molecule has 1 aromatic heterocycles. The molecular formula is C15H21N3O3. The van der Waals surface area contributed by atoms with Crippen LogP contribution in [0.15, 0.2) is 22.6 Å². The van der Waals surface area contributed by atoms with Crippen LogP contribution in [-0.2, 0) is 19.4 Å². The van der Waals surface area contributed by atoms with E-state index < -0.39 is 0 Å². The maximum atomic E-state index is 5.80. The number of methoxy groups -OCH3 is 1. The molecule has 0 spiro atoms. The number of nitrogens with zero attached hydrogens (tertiary/aromatic N) is 2. The van der Waals surface area contributed by atoms with Crippen molar-refractivity contribution in [3.63, 3.8) is 0 Å². The summed E-state index contributed by atoms with van der Waals surface area (Å²) in [6.07, 6.45) is 1.50. The third-order valence-corrected chi connectivity index (χ3v) is 2.95. The smallest absolute Gasteiger partial charge is 0.253 e. The quantitative estimate of drug-likeness (QED) is 0.841. The second kappa shape index (κ2) is 7.08. The molecular weight excluding hydrogens is 270 g/mol. The number of hydrogen-bond donors (Lipinski definition) is 1. The number of ether oxygens (including phenoxy) is 2. The summed E-state index contributed by atoms with van der Waals surface area (Å²) in [6.45, 7) is 4.14. The summed E-state index contributed by atoms with van der Waals surface area (Å²) in [7, 11) is 1.61. The molecule has 0 fully saturated rings. The molecule has 0 saturated heterocycles. The molecule has 114 valence electrons. The van der Waals surface area contributed by atoms with Crippen LogP contribution in [-0.4, -0.2) is 23.3 Å². The molecule has 0 amide bonds. The molecule has 2 aromatic rings. The minimum absolute atomic E-state index is 0.104. The van der Waals surface area contributed by atoms with E-state index in [0.29, 0.717) is 29.7 Å². The number of nitrogens with two attached hydrogens (primary N) is 1. The SMILES string of the molecule is CCc1nnc(COc2ccc(CC(C)N)cc2OC)o1. The Balaban J connectivity index is 2.05. The summed E-state index contributed by atoms with van der Waals surface area (Å²) >= 11 is 0. The fourth-order valence-corrected chi connectivity index (χ4v) is 1.96. The minimum Gasteiger partial charge on any atom is -0.493 e. The molecule has 0 saturated carbocycles. The average Bonchev–Trinajstić information content (AvgIpc) is 2.93. The summed E-state index contributed by atoms with van der Waals surface area (Å²) in [5, 5.41) is 7.81. The Morgan fingerprint density at radius 2 is 2.00 bits per heavy atom. The van der Waals surface area contributed by atoms with Crippen LogP contribution >= 0.6 is 0 Å². The molecule has 0 aliphatic rings. The molecule has 0 bridgehead atoms. The highest BCUT2D eigenvalue weighted by atomic mass is 16.5. The summed E-state index contributed by atoms with van der Waals surface area (Å²) in [5.41, 5.74) is 6.92. The van der Waals surface area contributed by atoms with Crippen LogP contribution in [0.3, 0.4) is 0 Å². The van der Waals surface area contributed by atoms with Crippen LogP contribution in [0.5, 0.6) is 11.5 Å². The minimum atomic E-state index is 0.104. The van der Waals surface area contributed by atoms with Gasteiger partial charge in [0.2, 0.25) is 5.89 Å². The van der Waals surface area contributed by atoms with Crippen molar-refractivity contribution in [2.75, 3.05) is 7.11 Å². The van der Waals surface area contributed by atoms with E-state index in [9.17, 15) is 0 Å². The van der Waals surface area contributed by atoms with Gasteiger partial charge in [-0.1, -0.05) is 13.0 Å². The van der Waals surface area contributed by atoms with Crippen LogP contribution in [0.4, 0.5) is 0 Å². The molecule has 0 radical (unpaired) electrons. The van der Waals surface area contributed by atoms with Gasteiger partial charge in [0.1, 0.15) is 0 Å². The van der Waals surface area contributed by atoms with Crippen molar-refractivity contribution in [3.8, 4) is 11.5 Å². The maximum absolute atomic E-state index is 5.80. The largest absolute Gasteiger partial charge is 0.493 e. The zero-order valence-electron chi connectivity index (χ0n) is 12.6. The second-order valence-electron chi connectivity index (χ2n) is 4.90. The topological polar surface area (TPSA) is 83.4 Å². The predicted octanol–water partition coefficient (Wildman–Crippen LogP) is 2.11. The number of rotatable bonds is 7. The second-order valence-corrected chi connectivity index (χ2v) is 4.90. The van der Waals surface area contributed by atoms with E-state index in [2.05, 4.69) is 10.2 Å². The van der Waals surface area contributed by atoms with Gasteiger partial charge < -0.3 is 19.6 Å². The predicted molar refractivity (Wildman–Crippen MR) is 78.4 cm³/mol. The van der Waals surface area contributed by atoms with Crippen molar-refractivity contribution in [1.82, 2.24) is 10.2 Å². The highest BCUT2D eigenvalue weighted by molar-refractivity contribution is 5.43. The first-order valence-corrected chi connectivity index (χ1v) is 6.99. The highest BCUT2D eigenvalue weighted by Gasteiger charge is 2.10. The number of benzene rings is 1. The molecule has 21 heavy (non-hydrogen) atoms. The summed E-state index contributed by atoms with van der Waals surface area (Å²) in [6, 6.07) is 5.89. The Kier molecular flexibility index (Phi) is 5.16. The van der Waals surface area contributed by atoms with Crippen LogP contribution in [0.25, 0.3) is 0 Å². The zero-order valence-corrected chi connectivity index (χ0v) is 12.6. The Labute approximate surface area is 124 Å². The van der Waals surface area contributed by atoms with Crippen molar-refractivity contribution < 1.29 is 13.9 Å². The summed E-state index contributed by atoms with van der Waals surface area (Å²) in [5.74, 6) is 2.37. The Morgan fingerprint density at radius 1 is 1.24 bits per heavy atom. The van der Waals surface area contributed by atoms with Crippen molar-refractivity contribution in [2.45, 2.75) is 39.3 Å². The van der Waals surface area contributed by atoms with Gasteiger partial charge in [-0.25, -0.2) is 0 Å². The molecule has 1 unspecified atom stereocenters. The Morgan fingerprint density at radius 3 is 2.62 bits per heavy atom. The first-order chi connectivity index (χ1) is 10.1. The monoisotopic (exact) mass is 291 g/mol. The summed E-state index contributed by atoms with van der Waals surface area (Å²) in [4.78, 5) is 0. The first-order valence-electron chi connectivity index (χ1n) is 6.99. The third kappa shape index (κ3) is 4.19. The molecule has 2 rings (SSSR count). The van der Waals surface area contributed by atoms with E-state index in [1.165, 1.54) is 0 Å². The van der Waals surface area contributed by atoms with Crippen LogP contribution < -0.4 is 15.2 Å². The molecule has 1 aromatic carbocycles. The lowest BCUT2D eigenvalue weighted by Crippen LogP contribution is -2.17. The van der Waals surface area contributed by atoms with E-state index in [1.807, 2.05) is 32.0 Å². The number of aryl methyl sites for hydroxylation is 1. The van der Waals surface area contributed by atoms with Gasteiger partial charge in [-0.05, 0) is 31.0 Å². The fraction of sp³-hybridized carbons (Fsp3) is 0.467. The van der Waals surface area contributed by atoms with E-state index in [-0.39, 0.29) is 12.6 Å². The normalized spacial score (nSPS) is 12.2. The van der Waals surface area contributed by atoms with Gasteiger partial charge in [0.05, 0.1) is 7.11 Å². The van der Waals surface area contributed by atoms with Crippen molar-refractivity contribution in [1.29, 1.82) is 0 Å². The van der Waals surface area contributed by atoms with Crippen molar-refractivity contribution >= 4 is 0 Å². The van der Waals surface area contributed by atoms with Gasteiger partial charge in [-0.15, -0.1) is 10.2 Å². The maximum Gasteiger partial charge on any atom is 0.253 e. The van der Waals surface area contributed by atoms with Crippen LogP contribution in [0.2, 0.25) is 0 Å². The van der Waals surface area contributed by atoms with Gasteiger partial charge in [-0.2, -0.15) is 0 Å². The van der Waals surface area contributed by atoms with Crippen LogP contribution in [0, 0.1) is 0 Å². The molecule has 0 aliphatic carbocycles. The molecule has 0 aliphatic heterocycles. The highest BCUT2D eigenvalue weighted by Crippen LogP contribution is 2.29. The van der Waals surface area contributed by atoms with Crippen LogP contribution in [0.1, 0.15) is 31.2 Å². The van der Waals surface area contributed by atoms with Gasteiger partial charge >= 0.3 is 0 Å².